The summed E-state index contributed by atoms with van der Waals surface area (Å²) in [5.74, 6) is 1.78. The van der Waals surface area contributed by atoms with Gasteiger partial charge in [-0.3, -0.25) is 0 Å². The van der Waals surface area contributed by atoms with E-state index in [1.807, 2.05) is 72.8 Å². The van der Waals surface area contributed by atoms with Crippen LogP contribution in [-0.2, 0) is 24.8 Å². The third-order valence-electron chi connectivity index (χ3n) is 12.6. The molecule has 2 aliphatic heterocycles. The topological polar surface area (TPSA) is 38.5 Å². The van der Waals surface area contributed by atoms with Gasteiger partial charge in [0.25, 0.3) is 0 Å². The third kappa shape index (κ3) is 6.60. The first-order valence-electron chi connectivity index (χ1n) is 24.5. The summed E-state index contributed by atoms with van der Waals surface area (Å²) in [7, 11) is 0. The van der Waals surface area contributed by atoms with E-state index < -0.39 is 6.04 Å². The number of fused-ring (bicyclic) bond motifs is 9. The minimum atomic E-state index is -0.434. The van der Waals surface area contributed by atoms with Crippen LogP contribution in [0.3, 0.4) is 0 Å². The second kappa shape index (κ2) is 15.9. The van der Waals surface area contributed by atoms with E-state index in [0.29, 0.717) is 22.9 Å². The zero-order valence-corrected chi connectivity index (χ0v) is 38.6. The summed E-state index contributed by atoms with van der Waals surface area (Å²) in [6.07, 6.45) is 0. The molecule has 0 aliphatic carbocycles. The molecule has 0 saturated carbocycles. The Balaban J connectivity index is 0.977. The Morgan fingerprint density at radius 2 is 1.15 bits per heavy atom. The zero-order chi connectivity index (χ0) is 48.9. The summed E-state index contributed by atoms with van der Waals surface area (Å²) in [6.45, 7) is 6.38. The molecule has 8 aromatic carbocycles. The number of rotatable bonds is 7. The molecule has 0 N–H and O–H groups in total. The molecule has 4 heterocycles. The summed E-state index contributed by atoms with van der Waals surface area (Å²) in [6, 6.07) is 60.2. The SMILES string of the molecule is [2H]c1c([2H])c([2H])c(-c2cccc(-c3ccc(C(C)(C)C)cc3)c2-n2[c](=[Pt])n(-c3cccc(Oc4cccc(N5B6c7ccccc7-c7ccccc7N6c6ccccc65)n4)c3)c3ccccc32)c([2H])c1[2H]. The van der Waals surface area contributed by atoms with Crippen LogP contribution in [0.15, 0.2) is 212 Å². The van der Waals surface area contributed by atoms with Crippen LogP contribution < -0.4 is 19.8 Å². The molecule has 0 bridgehead atoms. The molecule has 66 heavy (non-hydrogen) atoms. The summed E-state index contributed by atoms with van der Waals surface area (Å²) < 4.78 is 55.9. The molecule has 0 atom stereocenters. The Labute approximate surface area is 403 Å². The van der Waals surface area contributed by atoms with E-state index in [1.165, 1.54) is 22.2 Å². The molecule has 6 nitrogen and oxygen atoms in total. The molecule has 0 amide bonds. The molecular weight excluding hydrogens is 989 g/mol. The Morgan fingerprint density at radius 1 is 0.545 bits per heavy atom. The van der Waals surface area contributed by atoms with E-state index in [0.717, 1.165) is 54.5 Å². The average molecular weight is 1040 g/mol. The number of imidazole rings is 1. The van der Waals surface area contributed by atoms with Gasteiger partial charge in [-0.25, -0.2) is 0 Å². The van der Waals surface area contributed by atoms with E-state index in [1.54, 1.807) is 0 Å². The van der Waals surface area contributed by atoms with E-state index >= 15 is 0 Å². The standard InChI is InChI=1S/C58H44BN5O.Pt/c1-58(2,3)42-36-34-41(35-37-42)46-25-16-24-45(40-18-5-4-6-19-40)57(46)62-39-61(51-28-11-12-29-52(51)62)43-20-15-21-44(38-43)65-56-33-17-32-55(60-56)64-54-31-14-13-30-53(54)63-50-27-10-8-23-48(50)47-22-7-9-26-49(47)59(63)64;/h4-38H,1-3H3;/i4D,5D,6D,18D,19D;. The molecule has 2 aromatic heterocycles. The van der Waals surface area contributed by atoms with Gasteiger partial charge in [-0.1, -0.05) is 54.6 Å². The summed E-state index contributed by atoms with van der Waals surface area (Å²) in [4.78, 5) is 9.92. The Bertz CT molecular complexity index is 3840. The zero-order valence-electron chi connectivity index (χ0n) is 41.4. The van der Waals surface area contributed by atoms with Crippen molar-refractivity contribution in [3.05, 3.63) is 222 Å². The van der Waals surface area contributed by atoms with Crippen molar-refractivity contribution in [3.63, 3.8) is 0 Å². The van der Waals surface area contributed by atoms with Crippen molar-refractivity contribution in [1.29, 1.82) is 0 Å². The van der Waals surface area contributed by atoms with Crippen LogP contribution in [0, 0.1) is 3.80 Å². The van der Waals surface area contributed by atoms with Crippen molar-refractivity contribution < 1.29 is 30.9 Å². The summed E-state index contributed by atoms with van der Waals surface area (Å²) in [5.41, 5.74) is 13.7. The number of para-hydroxylation sites is 6. The molecule has 0 unspecified atom stereocenters. The fourth-order valence-electron chi connectivity index (χ4n) is 9.64. The van der Waals surface area contributed by atoms with Gasteiger partial charge in [-0.2, -0.15) is 0 Å². The normalized spacial score (nSPS) is 13.8. The molecule has 10 aromatic rings. The van der Waals surface area contributed by atoms with Crippen LogP contribution in [0.2, 0.25) is 0 Å². The summed E-state index contributed by atoms with van der Waals surface area (Å²) in [5, 5.41) is 0. The molecule has 0 saturated heterocycles. The van der Waals surface area contributed by atoms with Crippen LogP contribution in [0.1, 0.15) is 33.2 Å². The van der Waals surface area contributed by atoms with Gasteiger partial charge in [0.05, 0.1) is 0 Å². The van der Waals surface area contributed by atoms with E-state index in [9.17, 15) is 0 Å². The maximum absolute atomic E-state index is 9.15. The second-order valence-corrected chi connectivity index (χ2v) is 18.6. The van der Waals surface area contributed by atoms with E-state index in [4.69, 9.17) is 16.6 Å². The molecule has 12 rings (SSSR count). The minimum absolute atomic E-state index is 0.0667. The number of hydrogen-bond donors (Lipinski definition) is 0. The number of pyridine rings is 1. The molecule has 8 heteroatoms. The first-order chi connectivity index (χ1) is 34.4. The van der Waals surface area contributed by atoms with Gasteiger partial charge >= 0.3 is 322 Å². The monoisotopic (exact) mass is 1040 g/mol. The Morgan fingerprint density at radius 3 is 1.91 bits per heavy atom. The number of hydrogen-bond acceptors (Lipinski definition) is 4. The van der Waals surface area contributed by atoms with Gasteiger partial charge < -0.3 is 0 Å². The van der Waals surface area contributed by atoms with Crippen molar-refractivity contribution >= 4 is 46.4 Å². The van der Waals surface area contributed by atoms with Gasteiger partial charge in [0, 0.05) is 11.3 Å². The predicted molar refractivity (Wildman–Crippen MR) is 268 cm³/mol. The van der Waals surface area contributed by atoms with Crippen LogP contribution >= 0.6 is 0 Å². The Kier molecular flexibility index (Phi) is 8.40. The van der Waals surface area contributed by atoms with Gasteiger partial charge in [-0.15, -0.1) is 0 Å². The van der Waals surface area contributed by atoms with Gasteiger partial charge in [0.1, 0.15) is 0 Å². The molecule has 0 spiro atoms. The van der Waals surface area contributed by atoms with Crippen molar-refractivity contribution in [2.75, 3.05) is 9.62 Å². The van der Waals surface area contributed by atoms with E-state index in [-0.39, 0.29) is 42.1 Å². The first kappa shape index (κ1) is 34.9. The Hall–Kier alpha value is -7.47. The van der Waals surface area contributed by atoms with Crippen molar-refractivity contribution in [3.8, 4) is 56.4 Å². The molecule has 0 radical (unpaired) electrons. The molecule has 0 fully saturated rings. The number of nitrogens with zero attached hydrogens (tertiary/aromatic N) is 5. The second-order valence-electron chi connectivity index (χ2n) is 17.6. The fourth-order valence-corrected chi connectivity index (χ4v) is 10.7. The average Bonchev–Trinajstić information content (AvgIpc) is 3.90. The van der Waals surface area contributed by atoms with Crippen molar-refractivity contribution in [2.45, 2.75) is 26.2 Å². The van der Waals surface area contributed by atoms with Crippen LogP contribution in [0.5, 0.6) is 11.6 Å². The summed E-state index contributed by atoms with van der Waals surface area (Å²) >= 11 is 2.34. The number of ether oxygens (including phenoxy) is 1. The van der Waals surface area contributed by atoms with Crippen LogP contribution in [0.4, 0.5) is 22.9 Å². The van der Waals surface area contributed by atoms with E-state index in [2.05, 4.69) is 168 Å². The number of benzene rings is 8. The maximum atomic E-state index is 9.15. The van der Waals surface area contributed by atoms with Crippen LogP contribution in [-0.4, -0.2) is 21.1 Å². The molecular formula is C58H44BN5OPt. The van der Waals surface area contributed by atoms with Gasteiger partial charge in [-0.05, 0) is 17.7 Å². The third-order valence-corrected chi connectivity index (χ3v) is 13.6. The van der Waals surface area contributed by atoms with Crippen LogP contribution in [0.25, 0.3) is 55.8 Å². The quantitative estimate of drug-likeness (QED) is 0.149. The van der Waals surface area contributed by atoms with Crippen molar-refractivity contribution in [1.82, 2.24) is 14.1 Å². The van der Waals surface area contributed by atoms with Gasteiger partial charge in [0.15, 0.2) is 0 Å². The van der Waals surface area contributed by atoms with Crippen molar-refractivity contribution in [2.24, 2.45) is 0 Å². The fraction of sp³-hybridized carbons (Fsp3) is 0.0690. The number of aromatic nitrogens is 3. The predicted octanol–water partition coefficient (Wildman–Crippen LogP) is 14.0. The first-order valence-corrected chi connectivity index (χ1v) is 23.1. The molecule has 2 aliphatic rings. The molecule has 320 valence electrons. The number of anilines is 4. The van der Waals surface area contributed by atoms with Gasteiger partial charge in [0.2, 0.25) is 0 Å².